The van der Waals surface area contributed by atoms with Crippen LogP contribution in [0.2, 0.25) is 0 Å². The third-order valence-electron chi connectivity index (χ3n) is 2.56. The number of rotatable bonds is 4. The van der Waals surface area contributed by atoms with Gasteiger partial charge in [0, 0.05) is 5.56 Å². The largest absolute Gasteiger partial charge is 0.274 e. The topological polar surface area (TPSA) is 38.3 Å². The van der Waals surface area contributed by atoms with Crippen LogP contribution in [0.4, 0.5) is 0 Å². The van der Waals surface area contributed by atoms with Gasteiger partial charge in [0.2, 0.25) is 0 Å². The lowest BCUT2D eigenvalue weighted by molar-refractivity contribution is 0.0233. The van der Waals surface area contributed by atoms with Crippen LogP contribution in [0.15, 0.2) is 54.6 Å². The molecule has 1 N–H and O–H groups in total. The Hall–Kier alpha value is -2.13. The molecule has 0 aromatic heterocycles. The molecule has 0 saturated heterocycles. The number of hydrogen-bond acceptors (Lipinski definition) is 2. The van der Waals surface area contributed by atoms with Crippen LogP contribution in [0.1, 0.15) is 21.5 Å². The molecule has 3 heteroatoms. The maximum absolute atomic E-state index is 11.7. The highest BCUT2D eigenvalue weighted by atomic mass is 16.6. The predicted octanol–water partition coefficient (Wildman–Crippen LogP) is 2.86. The molecule has 0 heterocycles. The van der Waals surface area contributed by atoms with Crippen LogP contribution in [-0.2, 0) is 11.4 Å². The van der Waals surface area contributed by atoms with Gasteiger partial charge in [-0.25, -0.2) is 5.48 Å². The lowest BCUT2D eigenvalue weighted by atomic mass is 10.1. The molecular weight excluding hydrogens is 226 g/mol. The molecule has 92 valence electrons. The fourth-order valence-electron chi connectivity index (χ4n) is 1.52. The summed E-state index contributed by atoms with van der Waals surface area (Å²) in [6.07, 6.45) is 0. The summed E-state index contributed by atoms with van der Waals surface area (Å²) >= 11 is 0. The number of carbonyl (C=O) groups is 1. The maximum Gasteiger partial charge on any atom is 0.274 e. The molecule has 1 amide bonds. The van der Waals surface area contributed by atoms with Crippen molar-refractivity contribution >= 4 is 5.91 Å². The van der Waals surface area contributed by atoms with Crippen LogP contribution >= 0.6 is 0 Å². The van der Waals surface area contributed by atoms with E-state index in [0.717, 1.165) is 11.1 Å². The van der Waals surface area contributed by atoms with Crippen molar-refractivity contribution in [3.8, 4) is 0 Å². The van der Waals surface area contributed by atoms with Crippen LogP contribution in [0.5, 0.6) is 0 Å². The summed E-state index contributed by atoms with van der Waals surface area (Å²) in [6, 6.07) is 17.0. The van der Waals surface area contributed by atoms with Crippen molar-refractivity contribution in [1.29, 1.82) is 0 Å². The van der Waals surface area contributed by atoms with Crippen LogP contribution in [-0.4, -0.2) is 5.91 Å². The summed E-state index contributed by atoms with van der Waals surface area (Å²) in [4.78, 5) is 16.9. The number of carbonyl (C=O) groups excluding carboxylic acids is 1. The number of aryl methyl sites for hydroxylation is 1. The van der Waals surface area contributed by atoms with Gasteiger partial charge in [-0.15, -0.1) is 0 Å². The summed E-state index contributed by atoms with van der Waals surface area (Å²) in [5.74, 6) is -0.231. The highest BCUT2D eigenvalue weighted by Crippen LogP contribution is 2.03. The molecule has 0 spiro atoms. The number of amides is 1. The van der Waals surface area contributed by atoms with Gasteiger partial charge in [0.15, 0.2) is 0 Å². The Morgan fingerprint density at radius 2 is 1.72 bits per heavy atom. The third-order valence-corrected chi connectivity index (χ3v) is 2.56. The number of hydroxylamine groups is 1. The fraction of sp³-hybridized carbons (Fsp3) is 0.133. The zero-order valence-electron chi connectivity index (χ0n) is 10.2. The van der Waals surface area contributed by atoms with E-state index in [1.807, 2.05) is 49.4 Å². The first-order valence-corrected chi connectivity index (χ1v) is 5.78. The Kier molecular flexibility index (Phi) is 4.10. The summed E-state index contributed by atoms with van der Waals surface area (Å²) in [5, 5.41) is 0. The van der Waals surface area contributed by atoms with Crippen molar-refractivity contribution in [2.45, 2.75) is 13.5 Å². The molecule has 2 aromatic rings. The minimum absolute atomic E-state index is 0.231. The number of hydrogen-bond donors (Lipinski definition) is 1. The van der Waals surface area contributed by atoms with Crippen LogP contribution < -0.4 is 5.48 Å². The van der Waals surface area contributed by atoms with E-state index in [4.69, 9.17) is 4.84 Å². The second-order valence-corrected chi connectivity index (χ2v) is 4.07. The van der Waals surface area contributed by atoms with Crippen LogP contribution in [0.3, 0.4) is 0 Å². The monoisotopic (exact) mass is 241 g/mol. The van der Waals surface area contributed by atoms with Gasteiger partial charge in [0.05, 0.1) is 6.61 Å². The van der Waals surface area contributed by atoms with Gasteiger partial charge in [-0.05, 0) is 24.6 Å². The quantitative estimate of drug-likeness (QED) is 0.836. The average molecular weight is 241 g/mol. The lowest BCUT2D eigenvalue weighted by Crippen LogP contribution is -2.23. The van der Waals surface area contributed by atoms with Gasteiger partial charge >= 0.3 is 0 Å². The summed E-state index contributed by atoms with van der Waals surface area (Å²) < 4.78 is 0. The standard InChI is InChI=1S/C15H15NO2/c1-12-7-9-14(10-8-12)15(17)16-18-11-13-5-3-2-4-6-13/h2-10H,11H2,1H3,(H,16,17). The fourth-order valence-corrected chi connectivity index (χ4v) is 1.52. The Morgan fingerprint density at radius 3 is 2.39 bits per heavy atom. The molecule has 0 radical (unpaired) electrons. The molecule has 0 atom stereocenters. The summed E-state index contributed by atoms with van der Waals surface area (Å²) in [7, 11) is 0. The van der Waals surface area contributed by atoms with Crippen molar-refractivity contribution in [2.24, 2.45) is 0 Å². The van der Waals surface area contributed by atoms with Gasteiger partial charge in [-0.2, -0.15) is 0 Å². The van der Waals surface area contributed by atoms with Gasteiger partial charge in [0.25, 0.3) is 5.91 Å². The molecule has 0 saturated carbocycles. The first-order valence-electron chi connectivity index (χ1n) is 5.78. The van der Waals surface area contributed by atoms with E-state index in [2.05, 4.69) is 5.48 Å². The van der Waals surface area contributed by atoms with Crippen molar-refractivity contribution in [3.63, 3.8) is 0 Å². The van der Waals surface area contributed by atoms with E-state index in [1.54, 1.807) is 12.1 Å². The Bertz CT molecular complexity index is 506. The molecule has 18 heavy (non-hydrogen) atoms. The van der Waals surface area contributed by atoms with Crippen LogP contribution in [0, 0.1) is 6.92 Å². The predicted molar refractivity (Wildman–Crippen MR) is 69.9 cm³/mol. The second-order valence-electron chi connectivity index (χ2n) is 4.07. The first kappa shape index (κ1) is 12.3. The minimum atomic E-state index is -0.231. The Labute approximate surface area is 106 Å². The Morgan fingerprint density at radius 1 is 1.06 bits per heavy atom. The third kappa shape index (κ3) is 3.43. The van der Waals surface area contributed by atoms with Crippen molar-refractivity contribution in [2.75, 3.05) is 0 Å². The first-order chi connectivity index (χ1) is 8.75. The molecule has 0 aliphatic heterocycles. The summed E-state index contributed by atoms with van der Waals surface area (Å²) in [6.45, 7) is 2.34. The normalized spacial score (nSPS) is 10.1. The number of nitrogens with one attached hydrogen (secondary N) is 1. The Balaban J connectivity index is 1.84. The number of benzene rings is 2. The van der Waals surface area contributed by atoms with E-state index in [-0.39, 0.29) is 5.91 Å². The lowest BCUT2D eigenvalue weighted by Gasteiger charge is -2.06. The smallest absolute Gasteiger partial charge is 0.269 e. The molecule has 0 unspecified atom stereocenters. The molecule has 3 nitrogen and oxygen atoms in total. The van der Waals surface area contributed by atoms with Gasteiger partial charge in [-0.3, -0.25) is 9.63 Å². The molecule has 0 bridgehead atoms. The zero-order chi connectivity index (χ0) is 12.8. The van der Waals surface area contributed by atoms with Crippen molar-refractivity contribution in [3.05, 3.63) is 71.3 Å². The highest BCUT2D eigenvalue weighted by Gasteiger charge is 2.04. The van der Waals surface area contributed by atoms with E-state index in [1.165, 1.54) is 0 Å². The molecular formula is C15H15NO2. The molecule has 2 aromatic carbocycles. The summed E-state index contributed by atoms with van der Waals surface area (Å²) in [5.41, 5.74) is 5.16. The van der Waals surface area contributed by atoms with Crippen LogP contribution in [0.25, 0.3) is 0 Å². The average Bonchev–Trinajstić information content (AvgIpc) is 2.40. The van der Waals surface area contributed by atoms with E-state index in [0.29, 0.717) is 12.2 Å². The van der Waals surface area contributed by atoms with E-state index in [9.17, 15) is 4.79 Å². The van der Waals surface area contributed by atoms with Gasteiger partial charge < -0.3 is 0 Å². The van der Waals surface area contributed by atoms with Gasteiger partial charge in [0.1, 0.15) is 0 Å². The van der Waals surface area contributed by atoms with E-state index < -0.39 is 0 Å². The molecule has 2 rings (SSSR count). The SMILES string of the molecule is Cc1ccc(C(=O)NOCc2ccccc2)cc1. The van der Waals surface area contributed by atoms with E-state index >= 15 is 0 Å². The van der Waals surface area contributed by atoms with Crippen molar-refractivity contribution < 1.29 is 9.63 Å². The highest BCUT2D eigenvalue weighted by molar-refractivity contribution is 5.93. The minimum Gasteiger partial charge on any atom is -0.269 e. The maximum atomic E-state index is 11.7. The second kappa shape index (κ2) is 5.98. The zero-order valence-corrected chi connectivity index (χ0v) is 10.2. The van der Waals surface area contributed by atoms with Gasteiger partial charge in [-0.1, -0.05) is 48.0 Å². The molecule has 0 fully saturated rings. The van der Waals surface area contributed by atoms with Crippen molar-refractivity contribution in [1.82, 2.24) is 5.48 Å². The molecule has 0 aliphatic rings. The molecule has 0 aliphatic carbocycles.